The lowest BCUT2D eigenvalue weighted by Crippen LogP contribution is -2.22. The van der Waals surface area contributed by atoms with Crippen LogP contribution in [0, 0.1) is 5.92 Å². The van der Waals surface area contributed by atoms with Gasteiger partial charge in [0, 0.05) is 10.9 Å². The Balaban J connectivity index is 2.70. The minimum atomic E-state index is 0.0277. The van der Waals surface area contributed by atoms with E-state index in [1.54, 1.807) is 18.2 Å². The highest BCUT2D eigenvalue weighted by Crippen LogP contribution is 2.24. The summed E-state index contributed by atoms with van der Waals surface area (Å²) in [6, 6.07) is 5.09. The fourth-order valence-corrected chi connectivity index (χ4v) is 2.01. The number of carbonyl (C=O) groups excluding carboxylic acids is 1. The molecule has 4 heteroatoms. The van der Waals surface area contributed by atoms with Crippen LogP contribution in [-0.4, -0.2) is 5.91 Å². The second-order valence-electron chi connectivity index (χ2n) is 4.47. The van der Waals surface area contributed by atoms with E-state index in [9.17, 15) is 4.79 Å². The number of nitrogens with two attached hydrogens (primary N) is 1. The summed E-state index contributed by atoms with van der Waals surface area (Å²) in [6.07, 6.45) is 3.92. The Hall–Kier alpha value is -1.22. The van der Waals surface area contributed by atoms with Crippen LogP contribution in [0.25, 0.3) is 0 Å². The van der Waals surface area contributed by atoms with Crippen LogP contribution >= 0.6 is 11.6 Å². The number of hydrogen-bond donors (Lipinski definition) is 2. The number of unbranched alkanes of at least 4 members (excludes halogenated alkanes) is 1. The second kappa shape index (κ2) is 7.27. The maximum absolute atomic E-state index is 12.1. The van der Waals surface area contributed by atoms with E-state index >= 15 is 0 Å². The van der Waals surface area contributed by atoms with E-state index in [4.69, 9.17) is 17.3 Å². The molecule has 0 saturated heterocycles. The summed E-state index contributed by atoms with van der Waals surface area (Å²) in [5, 5.41) is 3.43. The third-order valence-corrected chi connectivity index (χ3v) is 3.28. The van der Waals surface area contributed by atoms with E-state index in [0.717, 1.165) is 25.7 Å². The van der Waals surface area contributed by atoms with Gasteiger partial charge in [0.05, 0.1) is 11.4 Å². The number of nitrogens with one attached hydrogen (secondary N) is 1. The first kappa shape index (κ1) is 14.8. The molecular weight excluding hydrogens is 248 g/mol. The molecular formula is C14H21ClN2O. The molecule has 1 aromatic carbocycles. The summed E-state index contributed by atoms with van der Waals surface area (Å²) in [7, 11) is 0. The summed E-state index contributed by atoms with van der Waals surface area (Å²) in [6.45, 7) is 4.15. The Kier molecular flexibility index (Phi) is 5.99. The molecule has 0 heterocycles. The van der Waals surface area contributed by atoms with Gasteiger partial charge in [-0.15, -0.1) is 0 Å². The van der Waals surface area contributed by atoms with Crippen LogP contribution in [0.3, 0.4) is 0 Å². The molecule has 0 aliphatic heterocycles. The first-order valence-corrected chi connectivity index (χ1v) is 6.82. The predicted octanol–water partition coefficient (Wildman–Crippen LogP) is 4.08. The van der Waals surface area contributed by atoms with Crippen molar-refractivity contribution in [1.82, 2.24) is 0 Å². The molecule has 0 radical (unpaired) electrons. The summed E-state index contributed by atoms with van der Waals surface area (Å²) in [5.74, 6) is 0.0725. The van der Waals surface area contributed by atoms with Crippen molar-refractivity contribution in [2.75, 3.05) is 11.1 Å². The van der Waals surface area contributed by atoms with Gasteiger partial charge >= 0.3 is 0 Å². The second-order valence-corrected chi connectivity index (χ2v) is 4.90. The Morgan fingerprint density at radius 2 is 2.17 bits per heavy atom. The number of anilines is 2. The summed E-state index contributed by atoms with van der Waals surface area (Å²) >= 11 is 5.89. The van der Waals surface area contributed by atoms with Crippen LogP contribution in [0.4, 0.5) is 11.4 Å². The summed E-state index contributed by atoms with van der Waals surface area (Å²) < 4.78 is 0. The Morgan fingerprint density at radius 1 is 1.44 bits per heavy atom. The van der Waals surface area contributed by atoms with Crippen molar-refractivity contribution in [1.29, 1.82) is 0 Å². The van der Waals surface area contributed by atoms with Crippen LogP contribution in [0.5, 0.6) is 0 Å². The molecule has 1 rings (SSSR count). The van der Waals surface area contributed by atoms with Gasteiger partial charge in [0.2, 0.25) is 5.91 Å². The molecule has 1 aromatic rings. The van der Waals surface area contributed by atoms with E-state index < -0.39 is 0 Å². The molecule has 0 aliphatic carbocycles. The van der Waals surface area contributed by atoms with Gasteiger partial charge in [-0.25, -0.2) is 0 Å². The van der Waals surface area contributed by atoms with Crippen molar-refractivity contribution < 1.29 is 4.79 Å². The standard InChI is InChI=1S/C14H21ClN2O/c1-3-5-6-10(4-2)14(18)17-13-9-11(15)7-8-12(13)16/h7-10H,3-6,16H2,1-2H3,(H,17,18). The molecule has 0 fully saturated rings. The molecule has 18 heavy (non-hydrogen) atoms. The van der Waals surface area contributed by atoms with E-state index in [1.807, 2.05) is 6.92 Å². The number of rotatable bonds is 6. The third-order valence-electron chi connectivity index (χ3n) is 3.04. The monoisotopic (exact) mass is 268 g/mol. The van der Waals surface area contributed by atoms with Crippen LogP contribution in [0.2, 0.25) is 5.02 Å². The van der Waals surface area contributed by atoms with E-state index in [2.05, 4.69) is 12.2 Å². The molecule has 1 unspecified atom stereocenters. The van der Waals surface area contributed by atoms with Gasteiger partial charge in [-0.1, -0.05) is 38.3 Å². The first-order chi connectivity index (χ1) is 8.58. The van der Waals surface area contributed by atoms with Crippen molar-refractivity contribution in [3.8, 4) is 0 Å². The maximum atomic E-state index is 12.1. The lowest BCUT2D eigenvalue weighted by atomic mass is 9.98. The number of hydrogen-bond acceptors (Lipinski definition) is 2. The molecule has 0 bridgehead atoms. The van der Waals surface area contributed by atoms with Crippen molar-refractivity contribution >= 4 is 28.9 Å². The quantitative estimate of drug-likeness (QED) is 0.764. The van der Waals surface area contributed by atoms with Gasteiger partial charge in [-0.2, -0.15) is 0 Å². The largest absolute Gasteiger partial charge is 0.397 e. The number of carbonyl (C=O) groups is 1. The highest BCUT2D eigenvalue weighted by atomic mass is 35.5. The molecule has 0 aliphatic rings. The number of halogens is 1. The Morgan fingerprint density at radius 3 is 2.78 bits per heavy atom. The fraction of sp³-hybridized carbons (Fsp3) is 0.500. The molecule has 0 saturated carbocycles. The minimum Gasteiger partial charge on any atom is -0.397 e. The van der Waals surface area contributed by atoms with Crippen LogP contribution in [-0.2, 0) is 4.79 Å². The number of nitrogen functional groups attached to an aromatic ring is 1. The zero-order chi connectivity index (χ0) is 13.5. The molecule has 3 nitrogen and oxygen atoms in total. The topological polar surface area (TPSA) is 55.1 Å². The lowest BCUT2D eigenvalue weighted by Gasteiger charge is -2.15. The van der Waals surface area contributed by atoms with E-state index in [0.29, 0.717) is 16.4 Å². The van der Waals surface area contributed by atoms with Crippen molar-refractivity contribution in [2.45, 2.75) is 39.5 Å². The zero-order valence-electron chi connectivity index (χ0n) is 11.0. The van der Waals surface area contributed by atoms with Gasteiger partial charge in [0.25, 0.3) is 0 Å². The molecule has 0 spiro atoms. The van der Waals surface area contributed by atoms with Crippen molar-refractivity contribution in [2.24, 2.45) is 5.92 Å². The van der Waals surface area contributed by atoms with Gasteiger partial charge in [0.1, 0.15) is 0 Å². The molecule has 0 aromatic heterocycles. The predicted molar refractivity (Wildman–Crippen MR) is 77.8 cm³/mol. The number of amides is 1. The molecule has 3 N–H and O–H groups in total. The highest BCUT2D eigenvalue weighted by molar-refractivity contribution is 6.31. The molecule has 1 atom stereocenters. The number of benzene rings is 1. The summed E-state index contributed by atoms with van der Waals surface area (Å²) in [5.41, 5.74) is 6.95. The van der Waals surface area contributed by atoms with Gasteiger partial charge < -0.3 is 11.1 Å². The van der Waals surface area contributed by atoms with E-state index in [-0.39, 0.29) is 11.8 Å². The molecule has 100 valence electrons. The first-order valence-electron chi connectivity index (χ1n) is 6.44. The highest BCUT2D eigenvalue weighted by Gasteiger charge is 2.16. The lowest BCUT2D eigenvalue weighted by molar-refractivity contribution is -0.120. The van der Waals surface area contributed by atoms with Gasteiger partial charge in [0.15, 0.2) is 0 Å². The third kappa shape index (κ3) is 4.22. The zero-order valence-corrected chi connectivity index (χ0v) is 11.8. The fourth-order valence-electron chi connectivity index (χ4n) is 1.84. The van der Waals surface area contributed by atoms with Crippen molar-refractivity contribution in [3.05, 3.63) is 23.2 Å². The summed E-state index contributed by atoms with van der Waals surface area (Å²) in [4.78, 5) is 12.1. The SMILES string of the molecule is CCCCC(CC)C(=O)Nc1cc(Cl)ccc1N. The van der Waals surface area contributed by atoms with Crippen LogP contribution in [0.1, 0.15) is 39.5 Å². The minimum absolute atomic E-state index is 0.0277. The van der Waals surface area contributed by atoms with E-state index in [1.165, 1.54) is 0 Å². The smallest absolute Gasteiger partial charge is 0.227 e. The average Bonchev–Trinajstić information content (AvgIpc) is 2.35. The van der Waals surface area contributed by atoms with Crippen molar-refractivity contribution in [3.63, 3.8) is 0 Å². The average molecular weight is 269 g/mol. The van der Waals surface area contributed by atoms with Gasteiger partial charge in [-0.3, -0.25) is 4.79 Å². The maximum Gasteiger partial charge on any atom is 0.227 e. The van der Waals surface area contributed by atoms with Crippen LogP contribution < -0.4 is 11.1 Å². The normalized spacial score (nSPS) is 12.2. The Bertz CT molecular complexity index is 407. The van der Waals surface area contributed by atoms with Crippen LogP contribution in [0.15, 0.2) is 18.2 Å². The Labute approximate surface area is 114 Å². The van der Waals surface area contributed by atoms with Gasteiger partial charge in [-0.05, 0) is 31.0 Å². The molecule has 1 amide bonds.